The molecule has 6 N–H and O–H groups in total. The van der Waals surface area contributed by atoms with Crippen LogP contribution in [0.3, 0.4) is 0 Å². The molecule has 0 aromatic heterocycles. The molecule has 318 valence electrons. The van der Waals surface area contributed by atoms with Crippen LogP contribution in [0.1, 0.15) is 142 Å². The second-order valence-corrected chi connectivity index (χ2v) is 15.5. The summed E-state index contributed by atoms with van der Waals surface area (Å²) < 4.78 is 33.3. The number of unbranched alkanes of at least 4 members (excludes halogenated alkanes) is 12. The molecular weight excluding hydrogens is 731 g/mol. The van der Waals surface area contributed by atoms with Crippen molar-refractivity contribution in [3.63, 3.8) is 0 Å². The highest BCUT2D eigenvalue weighted by Crippen LogP contribution is 2.47. The number of hydrogen-bond donors (Lipinski definition) is 6. The van der Waals surface area contributed by atoms with E-state index in [9.17, 15) is 44.6 Å². The molecule has 1 rings (SSSR count). The normalized spacial score (nSPS) is 23.6. The van der Waals surface area contributed by atoms with Gasteiger partial charge in [-0.1, -0.05) is 114 Å². The molecule has 0 heterocycles. The monoisotopic (exact) mass is 802 g/mol. The minimum absolute atomic E-state index is 0.0739. The maximum Gasteiger partial charge on any atom is 0.472 e. The third-order valence-corrected chi connectivity index (χ3v) is 10.1. The molecule has 55 heavy (non-hydrogen) atoms. The fourth-order valence-electron chi connectivity index (χ4n) is 5.81. The second kappa shape index (κ2) is 31.8. The van der Waals surface area contributed by atoms with E-state index in [1.165, 1.54) is 12.8 Å². The topological polar surface area (TPSA) is 210 Å². The Morgan fingerprint density at radius 3 is 1.60 bits per heavy atom. The molecule has 0 aliphatic heterocycles. The van der Waals surface area contributed by atoms with Crippen molar-refractivity contribution in [2.45, 2.75) is 185 Å². The van der Waals surface area contributed by atoms with Gasteiger partial charge in [0.2, 0.25) is 0 Å². The van der Waals surface area contributed by atoms with Crippen LogP contribution in [0.5, 0.6) is 0 Å². The van der Waals surface area contributed by atoms with Gasteiger partial charge in [0.15, 0.2) is 6.10 Å². The predicted octanol–water partition coefficient (Wildman–Crippen LogP) is 6.83. The molecule has 0 bridgehead atoms. The summed E-state index contributed by atoms with van der Waals surface area (Å²) in [5.74, 6) is -1.14. The van der Waals surface area contributed by atoms with Crippen LogP contribution in [0.4, 0.5) is 0 Å². The van der Waals surface area contributed by atoms with Crippen molar-refractivity contribution in [1.82, 2.24) is 0 Å². The largest absolute Gasteiger partial charge is 0.472 e. The molecule has 6 unspecified atom stereocenters. The van der Waals surface area contributed by atoms with Crippen molar-refractivity contribution in [3.05, 3.63) is 48.6 Å². The Kier molecular flexibility index (Phi) is 29.4. The van der Waals surface area contributed by atoms with Gasteiger partial charge in [-0.25, -0.2) is 4.57 Å². The van der Waals surface area contributed by atoms with Gasteiger partial charge in [0.1, 0.15) is 43.2 Å². The Hall–Kier alpha value is -2.19. The maximum absolute atomic E-state index is 12.8. The van der Waals surface area contributed by atoms with Gasteiger partial charge in [-0.3, -0.25) is 18.6 Å². The molecule has 0 aromatic carbocycles. The van der Waals surface area contributed by atoms with E-state index in [0.29, 0.717) is 12.8 Å². The van der Waals surface area contributed by atoms with Gasteiger partial charge < -0.3 is 39.9 Å². The van der Waals surface area contributed by atoms with Gasteiger partial charge in [-0.2, -0.15) is 0 Å². The molecule has 1 saturated carbocycles. The molecule has 0 spiro atoms. The van der Waals surface area contributed by atoms with Crippen molar-refractivity contribution in [2.75, 3.05) is 13.2 Å². The summed E-state index contributed by atoms with van der Waals surface area (Å²) in [7, 11) is -5.12. The van der Waals surface area contributed by atoms with Crippen LogP contribution in [0.25, 0.3) is 0 Å². The number of ether oxygens (including phenoxy) is 2. The summed E-state index contributed by atoms with van der Waals surface area (Å²) in [6.07, 6.45) is 21.8. The van der Waals surface area contributed by atoms with Crippen molar-refractivity contribution in [2.24, 2.45) is 0 Å². The van der Waals surface area contributed by atoms with E-state index in [-0.39, 0.29) is 12.8 Å². The molecule has 6 atom stereocenters. The number of esters is 2. The van der Waals surface area contributed by atoms with Crippen LogP contribution in [0.15, 0.2) is 48.6 Å². The molecule has 13 nitrogen and oxygen atoms in total. The van der Waals surface area contributed by atoms with Crippen molar-refractivity contribution in [1.29, 1.82) is 0 Å². The third kappa shape index (κ3) is 24.9. The number of allylic oxidation sites excluding steroid dienone is 8. The number of aliphatic hydroxyl groups excluding tert-OH is 5. The Morgan fingerprint density at radius 2 is 1.04 bits per heavy atom. The average molecular weight is 803 g/mol. The standard InChI is InChI=1S/C41H71O13P/c1-3-5-7-9-11-13-15-16-17-18-20-22-24-26-28-30-35(43)53-33(31-51-34(42)29-27-25-23-21-19-14-12-10-8-6-4-2)32-52-55(49,50)54-41-39(47)37(45)36(44)38(46)40(41)48/h5,7,10-13,16-17,33,36-41,44-48H,3-4,6,8-9,14-15,18-32H2,1-2H3,(H,49,50)/b7-5-,12-10-,13-11-,17-16-. The number of phosphoric ester groups is 1. The number of phosphoric acid groups is 1. The maximum atomic E-state index is 12.8. The molecule has 1 aliphatic carbocycles. The highest BCUT2D eigenvalue weighted by molar-refractivity contribution is 7.47. The zero-order chi connectivity index (χ0) is 40.7. The summed E-state index contributed by atoms with van der Waals surface area (Å²) in [6, 6.07) is 0. The Bertz CT molecular complexity index is 1160. The average Bonchev–Trinajstić information content (AvgIpc) is 3.16. The number of carbonyl (C=O) groups is 2. The number of rotatable bonds is 32. The zero-order valence-corrected chi connectivity index (χ0v) is 34.1. The highest BCUT2D eigenvalue weighted by Gasteiger charge is 2.51. The van der Waals surface area contributed by atoms with E-state index < -0.39 is 75.7 Å². The SMILES string of the molecule is CC/C=C\C/C=C\C/C=C\CCCCCCCC(=O)OC(COC(=O)CCCCCCC/C=C\CCCC)COP(=O)(O)OC1C(O)C(O)C(O)C(O)C1O. The molecule has 1 fully saturated rings. The van der Waals surface area contributed by atoms with Crippen LogP contribution in [-0.4, -0.2) is 98.3 Å². The summed E-state index contributed by atoms with van der Waals surface area (Å²) in [6.45, 7) is 3.09. The summed E-state index contributed by atoms with van der Waals surface area (Å²) in [5.41, 5.74) is 0. The van der Waals surface area contributed by atoms with Gasteiger partial charge in [0.05, 0.1) is 6.61 Å². The minimum atomic E-state index is -5.12. The fourth-order valence-corrected chi connectivity index (χ4v) is 6.78. The summed E-state index contributed by atoms with van der Waals surface area (Å²) in [5, 5.41) is 50.0. The van der Waals surface area contributed by atoms with E-state index in [0.717, 1.165) is 89.9 Å². The zero-order valence-electron chi connectivity index (χ0n) is 33.2. The first kappa shape index (κ1) is 50.8. The van der Waals surface area contributed by atoms with Crippen LogP contribution >= 0.6 is 7.82 Å². The van der Waals surface area contributed by atoms with Gasteiger partial charge in [0, 0.05) is 12.8 Å². The van der Waals surface area contributed by atoms with Gasteiger partial charge in [-0.15, -0.1) is 0 Å². The smallest absolute Gasteiger partial charge is 0.462 e. The quantitative estimate of drug-likeness (QED) is 0.0179. The van der Waals surface area contributed by atoms with Crippen LogP contribution in [0, 0.1) is 0 Å². The molecular formula is C41H71O13P. The van der Waals surface area contributed by atoms with Crippen molar-refractivity contribution in [3.8, 4) is 0 Å². The lowest BCUT2D eigenvalue weighted by atomic mass is 9.85. The Balaban J connectivity index is 2.54. The van der Waals surface area contributed by atoms with Gasteiger partial charge >= 0.3 is 19.8 Å². The van der Waals surface area contributed by atoms with E-state index in [1.54, 1.807) is 0 Å². The second-order valence-electron chi connectivity index (χ2n) is 14.1. The lowest BCUT2D eigenvalue weighted by molar-refractivity contribution is -0.220. The first-order valence-corrected chi connectivity index (χ1v) is 21.9. The number of aliphatic hydroxyl groups is 5. The van der Waals surface area contributed by atoms with E-state index in [4.69, 9.17) is 18.5 Å². The van der Waals surface area contributed by atoms with E-state index in [2.05, 4.69) is 62.5 Å². The molecule has 14 heteroatoms. The fraction of sp³-hybridized carbons (Fsp3) is 0.756. The van der Waals surface area contributed by atoms with Gasteiger partial charge in [0.25, 0.3) is 0 Å². The summed E-state index contributed by atoms with van der Waals surface area (Å²) >= 11 is 0. The van der Waals surface area contributed by atoms with E-state index >= 15 is 0 Å². The molecule has 0 aromatic rings. The van der Waals surface area contributed by atoms with Gasteiger partial charge in [-0.05, 0) is 64.2 Å². The minimum Gasteiger partial charge on any atom is -0.462 e. The number of hydrogen-bond acceptors (Lipinski definition) is 12. The Labute approximate surface area is 329 Å². The molecule has 1 aliphatic rings. The first-order chi connectivity index (χ1) is 26.4. The van der Waals surface area contributed by atoms with Crippen LogP contribution in [0.2, 0.25) is 0 Å². The van der Waals surface area contributed by atoms with Crippen LogP contribution < -0.4 is 0 Å². The van der Waals surface area contributed by atoms with E-state index in [1.807, 2.05) is 0 Å². The first-order valence-electron chi connectivity index (χ1n) is 20.4. The van der Waals surface area contributed by atoms with Crippen molar-refractivity contribution < 1.29 is 63.1 Å². The Morgan fingerprint density at radius 1 is 0.582 bits per heavy atom. The highest BCUT2D eigenvalue weighted by atomic mass is 31.2. The number of carbonyl (C=O) groups excluding carboxylic acids is 2. The summed E-state index contributed by atoms with van der Waals surface area (Å²) in [4.78, 5) is 35.5. The molecule has 0 radical (unpaired) electrons. The lowest BCUT2D eigenvalue weighted by Gasteiger charge is -2.41. The van der Waals surface area contributed by atoms with Crippen LogP contribution in [-0.2, 0) is 32.7 Å². The predicted molar refractivity (Wildman–Crippen MR) is 212 cm³/mol. The molecule has 0 amide bonds. The molecule has 0 saturated heterocycles. The lowest BCUT2D eigenvalue weighted by Crippen LogP contribution is -2.64. The third-order valence-electron chi connectivity index (χ3n) is 9.15. The van der Waals surface area contributed by atoms with Crippen molar-refractivity contribution >= 4 is 19.8 Å².